The topological polar surface area (TPSA) is 66.5 Å². The molecule has 0 heterocycles. The number of hydrogen-bond donors (Lipinski definition) is 0. The molecule has 0 aliphatic carbocycles. The van der Waals surface area contributed by atoms with Gasteiger partial charge in [0.25, 0.3) is 5.91 Å². The first-order valence-corrected chi connectivity index (χ1v) is 13.0. The second-order valence-electron chi connectivity index (χ2n) is 9.16. The standard InChI is InChI=1S/C33H35NO6/c1-36-28-12-8-11-27(21-28)33(35)34(18-17-24-13-15-29(37-2)31(19-24)38-3)22-26-14-16-30(32(20-26)39-4)40-23-25-9-6-5-7-10-25/h5-16,19-21H,17-18,22-23H2,1-4H3. The minimum atomic E-state index is -0.0947. The zero-order chi connectivity index (χ0) is 28.3. The van der Waals surface area contributed by atoms with Crippen molar-refractivity contribution in [1.82, 2.24) is 4.90 Å². The highest BCUT2D eigenvalue weighted by Gasteiger charge is 2.19. The summed E-state index contributed by atoms with van der Waals surface area (Å²) in [5.74, 6) is 3.11. The number of amides is 1. The summed E-state index contributed by atoms with van der Waals surface area (Å²) in [7, 11) is 6.43. The lowest BCUT2D eigenvalue weighted by atomic mass is 10.1. The van der Waals surface area contributed by atoms with Crippen LogP contribution in [0.5, 0.6) is 28.7 Å². The Morgan fingerprint density at radius 1 is 0.625 bits per heavy atom. The van der Waals surface area contributed by atoms with E-state index in [2.05, 4.69) is 0 Å². The highest BCUT2D eigenvalue weighted by atomic mass is 16.5. The molecule has 40 heavy (non-hydrogen) atoms. The maximum atomic E-state index is 13.7. The second kappa shape index (κ2) is 13.9. The molecule has 0 aliphatic heterocycles. The van der Waals surface area contributed by atoms with Gasteiger partial charge in [-0.25, -0.2) is 0 Å². The molecule has 0 bridgehead atoms. The van der Waals surface area contributed by atoms with E-state index >= 15 is 0 Å². The van der Waals surface area contributed by atoms with E-state index in [4.69, 9.17) is 23.7 Å². The molecule has 0 saturated carbocycles. The summed E-state index contributed by atoms with van der Waals surface area (Å²) < 4.78 is 27.8. The summed E-state index contributed by atoms with van der Waals surface area (Å²) in [5.41, 5.74) is 3.58. The van der Waals surface area contributed by atoms with E-state index in [1.807, 2.05) is 83.8 Å². The summed E-state index contributed by atoms with van der Waals surface area (Å²) in [6.07, 6.45) is 0.630. The molecule has 7 heteroatoms. The highest BCUT2D eigenvalue weighted by Crippen LogP contribution is 2.30. The number of ether oxygens (including phenoxy) is 5. The van der Waals surface area contributed by atoms with Crippen LogP contribution in [0.3, 0.4) is 0 Å². The smallest absolute Gasteiger partial charge is 0.254 e. The van der Waals surface area contributed by atoms with Crippen LogP contribution in [0.25, 0.3) is 0 Å². The van der Waals surface area contributed by atoms with E-state index < -0.39 is 0 Å². The monoisotopic (exact) mass is 541 g/mol. The van der Waals surface area contributed by atoms with Crippen molar-refractivity contribution in [3.8, 4) is 28.7 Å². The first-order valence-electron chi connectivity index (χ1n) is 13.0. The van der Waals surface area contributed by atoms with Crippen molar-refractivity contribution in [1.29, 1.82) is 0 Å². The summed E-state index contributed by atoms with van der Waals surface area (Å²) in [5, 5.41) is 0. The van der Waals surface area contributed by atoms with Crippen molar-refractivity contribution in [3.05, 3.63) is 113 Å². The van der Waals surface area contributed by atoms with Gasteiger partial charge >= 0.3 is 0 Å². The lowest BCUT2D eigenvalue weighted by Gasteiger charge is -2.24. The number of carbonyl (C=O) groups is 1. The highest BCUT2D eigenvalue weighted by molar-refractivity contribution is 5.94. The molecule has 1 amide bonds. The number of rotatable bonds is 13. The van der Waals surface area contributed by atoms with E-state index in [1.165, 1.54) is 0 Å². The molecular formula is C33H35NO6. The van der Waals surface area contributed by atoms with Crippen molar-refractivity contribution < 1.29 is 28.5 Å². The van der Waals surface area contributed by atoms with Gasteiger partial charge in [-0.1, -0.05) is 48.5 Å². The Morgan fingerprint density at radius 2 is 1.30 bits per heavy atom. The predicted octanol–water partition coefficient (Wildman–Crippen LogP) is 6.19. The Morgan fingerprint density at radius 3 is 2.02 bits per heavy atom. The molecule has 4 aromatic rings. The number of methoxy groups -OCH3 is 4. The minimum absolute atomic E-state index is 0.0947. The van der Waals surface area contributed by atoms with Crippen LogP contribution in [0, 0.1) is 0 Å². The molecule has 7 nitrogen and oxygen atoms in total. The van der Waals surface area contributed by atoms with Gasteiger partial charge in [0.15, 0.2) is 23.0 Å². The van der Waals surface area contributed by atoms with Gasteiger partial charge in [-0.15, -0.1) is 0 Å². The molecule has 0 fully saturated rings. The summed E-state index contributed by atoms with van der Waals surface area (Å²) in [4.78, 5) is 15.5. The molecule has 0 spiro atoms. The van der Waals surface area contributed by atoms with E-state index in [9.17, 15) is 4.79 Å². The normalized spacial score (nSPS) is 10.5. The maximum absolute atomic E-state index is 13.7. The molecule has 0 saturated heterocycles. The van der Waals surface area contributed by atoms with Gasteiger partial charge in [-0.05, 0) is 65.6 Å². The predicted molar refractivity (Wildman–Crippen MR) is 155 cm³/mol. The Hall–Kier alpha value is -4.65. The molecule has 208 valence electrons. The van der Waals surface area contributed by atoms with Crippen molar-refractivity contribution in [3.63, 3.8) is 0 Å². The summed E-state index contributed by atoms with van der Waals surface area (Å²) in [6, 6.07) is 28.7. The van der Waals surface area contributed by atoms with Gasteiger partial charge in [-0.3, -0.25) is 4.79 Å². The molecular weight excluding hydrogens is 506 g/mol. The Balaban J connectivity index is 1.55. The fourth-order valence-corrected chi connectivity index (χ4v) is 4.38. The van der Waals surface area contributed by atoms with Gasteiger partial charge in [0.05, 0.1) is 28.4 Å². The molecule has 0 N–H and O–H groups in total. The Kier molecular flexibility index (Phi) is 9.88. The molecule has 0 aromatic heterocycles. The molecule has 4 aromatic carbocycles. The Labute approximate surface area is 235 Å². The average Bonchev–Trinajstić information content (AvgIpc) is 3.02. The van der Waals surface area contributed by atoms with E-state index in [0.29, 0.717) is 60.4 Å². The van der Waals surface area contributed by atoms with Crippen molar-refractivity contribution in [2.45, 2.75) is 19.6 Å². The van der Waals surface area contributed by atoms with E-state index in [-0.39, 0.29) is 5.91 Å². The number of nitrogens with zero attached hydrogens (tertiary/aromatic N) is 1. The van der Waals surface area contributed by atoms with Gasteiger partial charge in [0.1, 0.15) is 12.4 Å². The fourth-order valence-electron chi connectivity index (χ4n) is 4.38. The lowest BCUT2D eigenvalue weighted by Crippen LogP contribution is -2.32. The first-order chi connectivity index (χ1) is 19.5. The minimum Gasteiger partial charge on any atom is -0.497 e. The van der Waals surface area contributed by atoms with E-state index in [0.717, 1.165) is 16.7 Å². The van der Waals surface area contributed by atoms with Crippen LogP contribution in [0.4, 0.5) is 0 Å². The van der Waals surface area contributed by atoms with Crippen LogP contribution in [-0.2, 0) is 19.6 Å². The van der Waals surface area contributed by atoms with Crippen LogP contribution < -0.4 is 23.7 Å². The van der Waals surface area contributed by atoms with Gasteiger partial charge in [0, 0.05) is 18.7 Å². The Bertz CT molecular complexity index is 1410. The van der Waals surface area contributed by atoms with Crippen molar-refractivity contribution in [2.75, 3.05) is 35.0 Å². The third kappa shape index (κ3) is 7.26. The number of carbonyl (C=O) groups excluding carboxylic acids is 1. The molecule has 0 radical (unpaired) electrons. The maximum Gasteiger partial charge on any atom is 0.254 e. The second-order valence-corrected chi connectivity index (χ2v) is 9.16. The van der Waals surface area contributed by atoms with Gasteiger partial charge in [-0.2, -0.15) is 0 Å². The van der Waals surface area contributed by atoms with Crippen molar-refractivity contribution >= 4 is 5.91 Å². The average molecular weight is 542 g/mol. The van der Waals surface area contributed by atoms with Crippen molar-refractivity contribution in [2.24, 2.45) is 0 Å². The molecule has 0 unspecified atom stereocenters. The van der Waals surface area contributed by atoms with Crippen LogP contribution in [0.2, 0.25) is 0 Å². The summed E-state index contributed by atoms with van der Waals surface area (Å²) in [6.45, 7) is 1.31. The van der Waals surface area contributed by atoms with Gasteiger partial charge in [0.2, 0.25) is 0 Å². The number of benzene rings is 4. The zero-order valence-corrected chi connectivity index (χ0v) is 23.4. The lowest BCUT2D eigenvalue weighted by molar-refractivity contribution is 0.0744. The fraction of sp³-hybridized carbons (Fsp3) is 0.242. The van der Waals surface area contributed by atoms with Crippen LogP contribution in [0.15, 0.2) is 91.0 Å². The quantitative estimate of drug-likeness (QED) is 0.201. The van der Waals surface area contributed by atoms with Crippen LogP contribution in [-0.4, -0.2) is 45.8 Å². The van der Waals surface area contributed by atoms with Crippen LogP contribution >= 0.6 is 0 Å². The SMILES string of the molecule is COc1cccc(C(=O)N(CCc2ccc(OC)c(OC)c2)Cc2ccc(OCc3ccccc3)c(OC)c2)c1. The number of hydrogen-bond acceptors (Lipinski definition) is 6. The third-order valence-corrected chi connectivity index (χ3v) is 6.56. The van der Waals surface area contributed by atoms with E-state index in [1.54, 1.807) is 40.6 Å². The molecule has 0 aliphatic rings. The molecule has 0 atom stereocenters. The zero-order valence-electron chi connectivity index (χ0n) is 23.4. The third-order valence-electron chi connectivity index (χ3n) is 6.56. The first kappa shape index (κ1) is 28.4. The largest absolute Gasteiger partial charge is 0.497 e. The van der Waals surface area contributed by atoms with Gasteiger partial charge < -0.3 is 28.6 Å². The molecule has 4 rings (SSSR count). The van der Waals surface area contributed by atoms with Crippen LogP contribution in [0.1, 0.15) is 27.0 Å². The summed E-state index contributed by atoms with van der Waals surface area (Å²) >= 11 is 0.